The second-order valence-corrected chi connectivity index (χ2v) is 9.49. The highest BCUT2D eigenvalue weighted by Gasteiger charge is 2.24. The molecule has 1 heterocycles. The van der Waals surface area contributed by atoms with Crippen molar-refractivity contribution in [1.29, 1.82) is 5.26 Å². The molecular formula is C28H30ClN5O2. The fourth-order valence-corrected chi connectivity index (χ4v) is 4.42. The van der Waals surface area contributed by atoms with E-state index in [1.807, 2.05) is 36.4 Å². The zero-order valence-electron chi connectivity index (χ0n) is 20.4. The summed E-state index contributed by atoms with van der Waals surface area (Å²) in [7, 11) is 2.10. The highest BCUT2D eigenvalue weighted by Crippen LogP contribution is 2.23. The number of hydrazine groups is 1. The lowest BCUT2D eigenvalue weighted by Crippen LogP contribution is -2.45. The van der Waals surface area contributed by atoms with Gasteiger partial charge in [0.2, 0.25) is 5.76 Å². The zero-order valence-corrected chi connectivity index (χ0v) is 21.1. The summed E-state index contributed by atoms with van der Waals surface area (Å²) < 4.78 is 5.12. The number of carbonyl (C=O) groups is 1. The van der Waals surface area contributed by atoms with E-state index in [4.69, 9.17) is 21.3 Å². The number of hydrogen-bond acceptors (Lipinski definition) is 6. The van der Waals surface area contributed by atoms with E-state index in [-0.39, 0.29) is 22.7 Å². The van der Waals surface area contributed by atoms with Crippen molar-refractivity contribution in [3.63, 3.8) is 0 Å². The number of hydrogen-bond donors (Lipinski definition) is 1. The summed E-state index contributed by atoms with van der Waals surface area (Å²) in [6, 6.07) is 21.6. The van der Waals surface area contributed by atoms with Crippen molar-refractivity contribution < 1.29 is 9.21 Å². The second-order valence-electron chi connectivity index (χ2n) is 9.08. The average molecular weight is 504 g/mol. The number of nitriles is 1. The van der Waals surface area contributed by atoms with Crippen molar-refractivity contribution in [2.45, 2.75) is 44.7 Å². The Morgan fingerprint density at radius 3 is 2.56 bits per heavy atom. The quantitative estimate of drug-likeness (QED) is 0.420. The topological polar surface area (TPSA) is 84.9 Å². The minimum Gasteiger partial charge on any atom is -0.452 e. The first-order valence-corrected chi connectivity index (χ1v) is 12.5. The van der Waals surface area contributed by atoms with Gasteiger partial charge in [0.1, 0.15) is 22.7 Å². The van der Waals surface area contributed by atoms with Gasteiger partial charge in [0.15, 0.2) is 0 Å². The smallest absolute Gasteiger partial charge is 0.271 e. The number of halogens is 1. The standard InChI is InChI=1S/C28H30ClN5O2/c1-33(16-15-21-7-3-2-4-8-21)19-22-11-13-23(14-12-22)28(35)32-34(24-9-5-6-10-24)31-27-17-25(18-30)36-20-26(27)29/h2-4,7-8,11-14,17,20,24H,5-6,9-10,15-16,19H2,1H3,(H,32,35). The Kier molecular flexibility index (Phi) is 8.77. The largest absolute Gasteiger partial charge is 0.452 e. The van der Waals surface area contributed by atoms with Crippen LogP contribution in [-0.2, 0) is 13.0 Å². The molecule has 1 fully saturated rings. The summed E-state index contributed by atoms with van der Waals surface area (Å²) in [5.74, 6) is -0.146. The lowest BCUT2D eigenvalue weighted by Gasteiger charge is -2.26. The Hall–Kier alpha value is -3.60. The van der Waals surface area contributed by atoms with Crippen molar-refractivity contribution in [3.05, 3.63) is 99.8 Å². The zero-order chi connectivity index (χ0) is 25.3. The third-order valence-corrected chi connectivity index (χ3v) is 6.59. The van der Waals surface area contributed by atoms with Crippen LogP contribution >= 0.6 is 11.6 Å². The van der Waals surface area contributed by atoms with E-state index < -0.39 is 0 Å². The lowest BCUT2D eigenvalue weighted by molar-refractivity contribution is 0.0684. The molecule has 0 unspecified atom stereocenters. The number of rotatable bonds is 9. The summed E-state index contributed by atoms with van der Waals surface area (Å²) in [5.41, 5.74) is 5.95. The molecule has 7 nitrogen and oxygen atoms in total. The van der Waals surface area contributed by atoms with Crippen molar-refractivity contribution in [2.75, 3.05) is 13.6 Å². The molecule has 1 N–H and O–H groups in total. The Morgan fingerprint density at radius 1 is 1.14 bits per heavy atom. The molecule has 1 saturated carbocycles. The number of benzene rings is 2. The summed E-state index contributed by atoms with van der Waals surface area (Å²) >= 11 is 6.23. The van der Waals surface area contributed by atoms with E-state index in [1.54, 1.807) is 5.12 Å². The van der Waals surface area contributed by atoms with E-state index in [2.05, 4.69) is 46.7 Å². The van der Waals surface area contributed by atoms with Crippen molar-refractivity contribution >= 4 is 17.5 Å². The molecule has 0 spiro atoms. The van der Waals surface area contributed by atoms with Gasteiger partial charge in [-0.3, -0.25) is 4.79 Å². The normalized spacial score (nSPS) is 14.1. The fourth-order valence-electron chi connectivity index (χ4n) is 4.29. The summed E-state index contributed by atoms with van der Waals surface area (Å²) in [5, 5.41) is 15.9. The number of nitrogens with zero attached hydrogens (tertiary/aromatic N) is 4. The van der Waals surface area contributed by atoms with Gasteiger partial charge in [-0.2, -0.15) is 10.4 Å². The second kappa shape index (κ2) is 12.4. The summed E-state index contributed by atoms with van der Waals surface area (Å²) in [6.45, 7) is 1.75. The van der Waals surface area contributed by atoms with Crippen molar-refractivity contribution in [3.8, 4) is 6.07 Å². The van der Waals surface area contributed by atoms with E-state index >= 15 is 0 Å². The van der Waals surface area contributed by atoms with Gasteiger partial charge >= 0.3 is 0 Å². The Balaban J connectivity index is 1.41. The van der Waals surface area contributed by atoms with Crippen LogP contribution in [0.2, 0.25) is 5.02 Å². The highest BCUT2D eigenvalue weighted by atomic mass is 35.5. The number of carbonyl (C=O) groups excluding carboxylic acids is 1. The predicted molar refractivity (Wildman–Crippen MR) is 138 cm³/mol. The average Bonchev–Trinajstić information content (AvgIpc) is 3.44. The van der Waals surface area contributed by atoms with Gasteiger partial charge in [0.25, 0.3) is 5.91 Å². The molecule has 186 valence electrons. The van der Waals surface area contributed by atoms with Crippen LogP contribution in [0.15, 0.2) is 76.4 Å². The molecule has 1 aliphatic carbocycles. The fraction of sp³-hybridized carbons (Fsp3) is 0.321. The van der Waals surface area contributed by atoms with Gasteiger partial charge in [-0.15, -0.1) is 0 Å². The molecule has 0 atom stereocenters. The molecule has 3 aromatic rings. The van der Waals surface area contributed by atoms with Crippen LogP contribution in [-0.4, -0.2) is 35.6 Å². The van der Waals surface area contributed by atoms with E-state index in [1.165, 1.54) is 17.9 Å². The maximum atomic E-state index is 13.1. The van der Waals surface area contributed by atoms with Crippen LogP contribution in [0.3, 0.4) is 0 Å². The third-order valence-electron chi connectivity index (χ3n) is 6.31. The Labute approximate surface area is 216 Å². The summed E-state index contributed by atoms with van der Waals surface area (Å²) in [4.78, 5) is 15.3. The molecule has 36 heavy (non-hydrogen) atoms. The molecule has 0 aliphatic heterocycles. The van der Waals surface area contributed by atoms with E-state index in [0.29, 0.717) is 10.9 Å². The highest BCUT2D eigenvalue weighted by molar-refractivity contribution is 6.30. The van der Waals surface area contributed by atoms with Crippen molar-refractivity contribution in [2.24, 2.45) is 5.10 Å². The van der Waals surface area contributed by atoms with Gasteiger partial charge in [-0.25, -0.2) is 10.5 Å². The van der Waals surface area contributed by atoms with Crippen molar-refractivity contribution in [1.82, 2.24) is 15.4 Å². The first kappa shape index (κ1) is 25.5. The van der Waals surface area contributed by atoms with E-state index in [0.717, 1.165) is 50.8 Å². The Bertz CT molecular complexity index is 1260. The molecule has 1 aliphatic rings. The van der Waals surface area contributed by atoms with Gasteiger partial charge < -0.3 is 9.32 Å². The van der Waals surface area contributed by atoms with Gasteiger partial charge in [-0.05, 0) is 49.6 Å². The molecule has 4 rings (SSSR count). The number of nitrogens with one attached hydrogen (secondary N) is 1. The minimum absolute atomic E-state index is 0.0604. The van der Waals surface area contributed by atoms with Gasteiger partial charge in [-0.1, -0.05) is 66.9 Å². The van der Waals surface area contributed by atoms with Crippen LogP contribution in [0.4, 0.5) is 0 Å². The SMILES string of the molecule is CN(CCc1ccccc1)Cc1ccc(C(=O)NN(N=c2cc(C#N)occ2Cl)C2CCCC2)cc1. The molecule has 1 amide bonds. The van der Waals surface area contributed by atoms with Crippen LogP contribution in [0.1, 0.15) is 52.9 Å². The van der Waals surface area contributed by atoms with Crippen LogP contribution in [0, 0.1) is 11.3 Å². The molecule has 0 radical (unpaired) electrons. The first-order chi connectivity index (χ1) is 17.5. The molecular weight excluding hydrogens is 474 g/mol. The monoisotopic (exact) mass is 503 g/mol. The molecule has 1 aromatic heterocycles. The maximum Gasteiger partial charge on any atom is 0.271 e. The van der Waals surface area contributed by atoms with Gasteiger partial charge in [0, 0.05) is 24.7 Å². The predicted octanol–water partition coefficient (Wildman–Crippen LogP) is 4.88. The summed E-state index contributed by atoms with van der Waals surface area (Å²) in [6.07, 6.45) is 6.24. The van der Waals surface area contributed by atoms with Crippen LogP contribution < -0.4 is 10.8 Å². The van der Waals surface area contributed by atoms with Gasteiger partial charge in [0.05, 0.1) is 6.04 Å². The molecule has 0 bridgehead atoms. The van der Waals surface area contributed by atoms with Crippen LogP contribution in [0.5, 0.6) is 0 Å². The lowest BCUT2D eigenvalue weighted by atomic mass is 10.1. The maximum absolute atomic E-state index is 13.1. The first-order valence-electron chi connectivity index (χ1n) is 12.2. The minimum atomic E-state index is -0.244. The molecule has 2 aromatic carbocycles. The molecule has 0 saturated heterocycles. The third kappa shape index (κ3) is 6.97. The van der Waals surface area contributed by atoms with Crippen LogP contribution in [0.25, 0.3) is 0 Å². The Morgan fingerprint density at radius 2 is 1.86 bits per heavy atom. The molecule has 8 heteroatoms. The number of likely N-dealkylation sites (N-methyl/N-ethyl adjacent to an activating group) is 1. The van der Waals surface area contributed by atoms with E-state index in [9.17, 15) is 4.79 Å². The number of amides is 1.